The first kappa shape index (κ1) is 21.6. The lowest BCUT2D eigenvalue weighted by Gasteiger charge is -2.19. The van der Waals surface area contributed by atoms with Crippen LogP contribution in [0.2, 0.25) is 0 Å². The highest BCUT2D eigenvalue weighted by Gasteiger charge is 2.29. The SMILES string of the molecule is CC(C)(C(=O)O)c1ccc(-c2c[nH]c3ncc(-c4ccc(NS(C)(=O)=O)cc4)cc23)cc1. The number of H-pyrrole nitrogens is 1. The first-order valence-corrected chi connectivity index (χ1v) is 11.8. The Labute approximate surface area is 186 Å². The highest BCUT2D eigenvalue weighted by Crippen LogP contribution is 2.33. The fourth-order valence-corrected chi connectivity index (χ4v) is 4.10. The second-order valence-electron chi connectivity index (χ2n) is 8.28. The van der Waals surface area contributed by atoms with Gasteiger partial charge in [0, 0.05) is 34.6 Å². The number of sulfonamides is 1. The molecule has 2 heterocycles. The highest BCUT2D eigenvalue weighted by molar-refractivity contribution is 7.92. The average molecular weight is 450 g/mol. The van der Waals surface area contributed by atoms with Crippen LogP contribution in [0, 0.1) is 0 Å². The molecule has 8 heteroatoms. The zero-order valence-electron chi connectivity index (χ0n) is 17.9. The molecule has 0 atom stereocenters. The lowest BCUT2D eigenvalue weighted by atomic mass is 9.84. The van der Waals surface area contributed by atoms with Crippen molar-refractivity contribution in [1.82, 2.24) is 9.97 Å². The van der Waals surface area contributed by atoms with Crippen LogP contribution in [0.3, 0.4) is 0 Å². The molecule has 0 amide bonds. The van der Waals surface area contributed by atoms with Gasteiger partial charge in [-0.1, -0.05) is 36.4 Å². The van der Waals surface area contributed by atoms with Crippen molar-refractivity contribution in [2.24, 2.45) is 0 Å². The Morgan fingerprint density at radius 2 is 1.62 bits per heavy atom. The van der Waals surface area contributed by atoms with Gasteiger partial charge < -0.3 is 10.1 Å². The van der Waals surface area contributed by atoms with Crippen molar-refractivity contribution in [2.75, 3.05) is 11.0 Å². The van der Waals surface area contributed by atoms with E-state index in [2.05, 4.69) is 14.7 Å². The standard InChI is InChI=1S/C24H23N3O4S/c1-24(2,23(28)29)18-8-4-16(5-9-18)21-14-26-22-20(21)12-17(13-25-22)15-6-10-19(11-7-15)27-32(3,30)31/h4-14,27H,1-3H3,(H,25,26)(H,28,29). The highest BCUT2D eigenvalue weighted by atomic mass is 32.2. The molecule has 2 aromatic carbocycles. The van der Waals surface area contributed by atoms with Crippen LogP contribution in [0.15, 0.2) is 67.0 Å². The summed E-state index contributed by atoms with van der Waals surface area (Å²) in [6, 6.07) is 16.6. The number of aromatic nitrogens is 2. The van der Waals surface area contributed by atoms with Gasteiger partial charge in [-0.2, -0.15) is 0 Å². The molecule has 0 unspecified atom stereocenters. The molecule has 4 aromatic rings. The largest absolute Gasteiger partial charge is 0.481 e. The second kappa shape index (κ2) is 7.80. The number of benzene rings is 2. The Morgan fingerprint density at radius 1 is 1.00 bits per heavy atom. The van der Waals surface area contributed by atoms with Crippen molar-refractivity contribution in [2.45, 2.75) is 19.3 Å². The molecular weight excluding hydrogens is 426 g/mol. The minimum Gasteiger partial charge on any atom is -0.481 e. The van der Waals surface area contributed by atoms with Crippen molar-refractivity contribution < 1.29 is 18.3 Å². The van der Waals surface area contributed by atoms with E-state index in [1.165, 1.54) is 0 Å². The van der Waals surface area contributed by atoms with E-state index in [-0.39, 0.29) is 0 Å². The molecule has 0 fully saturated rings. The van der Waals surface area contributed by atoms with Crippen LogP contribution in [-0.4, -0.2) is 35.7 Å². The topological polar surface area (TPSA) is 112 Å². The van der Waals surface area contributed by atoms with Gasteiger partial charge >= 0.3 is 5.97 Å². The number of aliphatic carboxylic acids is 1. The third-order valence-corrected chi connectivity index (χ3v) is 6.11. The Kier molecular flexibility index (Phi) is 5.26. The molecule has 3 N–H and O–H groups in total. The molecule has 0 aliphatic heterocycles. The average Bonchev–Trinajstić information content (AvgIpc) is 3.16. The molecule has 32 heavy (non-hydrogen) atoms. The molecule has 0 bridgehead atoms. The van der Waals surface area contributed by atoms with Crippen molar-refractivity contribution in [3.8, 4) is 22.3 Å². The van der Waals surface area contributed by atoms with E-state index >= 15 is 0 Å². The van der Waals surface area contributed by atoms with Crippen LogP contribution in [0.25, 0.3) is 33.3 Å². The van der Waals surface area contributed by atoms with Crippen LogP contribution in [-0.2, 0) is 20.2 Å². The van der Waals surface area contributed by atoms with E-state index in [1.807, 2.05) is 48.7 Å². The summed E-state index contributed by atoms with van der Waals surface area (Å²) >= 11 is 0. The maximum absolute atomic E-state index is 11.5. The first-order chi connectivity index (χ1) is 15.0. The molecule has 7 nitrogen and oxygen atoms in total. The van der Waals surface area contributed by atoms with Gasteiger partial charge in [-0.25, -0.2) is 13.4 Å². The second-order valence-corrected chi connectivity index (χ2v) is 10.0. The zero-order valence-corrected chi connectivity index (χ0v) is 18.7. The number of pyridine rings is 1. The van der Waals surface area contributed by atoms with Crippen molar-refractivity contribution in [3.63, 3.8) is 0 Å². The van der Waals surface area contributed by atoms with E-state index in [0.717, 1.165) is 45.1 Å². The lowest BCUT2D eigenvalue weighted by Crippen LogP contribution is -2.28. The summed E-state index contributed by atoms with van der Waals surface area (Å²) in [6.07, 6.45) is 4.76. The summed E-state index contributed by atoms with van der Waals surface area (Å²) in [5.41, 5.74) is 4.72. The van der Waals surface area contributed by atoms with Gasteiger partial charge in [-0.3, -0.25) is 9.52 Å². The monoisotopic (exact) mass is 449 g/mol. The minimum atomic E-state index is -3.33. The Morgan fingerprint density at radius 3 is 2.22 bits per heavy atom. The Balaban J connectivity index is 1.68. The number of aromatic amines is 1. The summed E-state index contributed by atoms with van der Waals surface area (Å²) in [4.78, 5) is 19.2. The molecular formula is C24H23N3O4S. The normalized spacial score (nSPS) is 12.1. The molecule has 0 aliphatic carbocycles. The fourth-order valence-electron chi connectivity index (χ4n) is 3.53. The molecule has 164 valence electrons. The minimum absolute atomic E-state index is 0.497. The van der Waals surface area contributed by atoms with Crippen LogP contribution in [0.5, 0.6) is 0 Å². The summed E-state index contributed by atoms with van der Waals surface area (Å²) in [5.74, 6) is -0.871. The summed E-state index contributed by atoms with van der Waals surface area (Å²) < 4.78 is 25.3. The molecule has 0 saturated carbocycles. The van der Waals surface area contributed by atoms with E-state index in [1.54, 1.807) is 32.2 Å². The zero-order chi connectivity index (χ0) is 23.1. The number of carboxylic acid groups (broad SMARTS) is 1. The number of carbonyl (C=O) groups is 1. The predicted molar refractivity (Wildman–Crippen MR) is 126 cm³/mol. The maximum atomic E-state index is 11.5. The number of anilines is 1. The maximum Gasteiger partial charge on any atom is 0.313 e. The number of nitrogens with zero attached hydrogens (tertiary/aromatic N) is 1. The van der Waals surface area contributed by atoms with Gasteiger partial charge in [0.15, 0.2) is 0 Å². The van der Waals surface area contributed by atoms with E-state index in [4.69, 9.17) is 0 Å². The number of hydrogen-bond acceptors (Lipinski definition) is 4. The fraction of sp³-hybridized carbons (Fsp3) is 0.167. The molecule has 0 aliphatic rings. The van der Waals surface area contributed by atoms with Gasteiger partial charge in [0.2, 0.25) is 10.0 Å². The lowest BCUT2D eigenvalue weighted by molar-refractivity contribution is -0.142. The van der Waals surface area contributed by atoms with Crippen molar-refractivity contribution >= 4 is 32.7 Å². The Bertz CT molecular complexity index is 1400. The van der Waals surface area contributed by atoms with E-state index in [9.17, 15) is 18.3 Å². The van der Waals surface area contributed by atoms with Gasteiger partial charge in [0.1, 0.15) is 5.65 Å². The molecule has 4 rings (SSSR count). The smallest absolute Gasteiger partial charge is 0.313 e. The third-order valence-electron chi connectivity index (χ3n) is 5.50. The number of hydrogen-bond donors (Lipinski definition) is 3. The molecule has 0 saturated heterocycles. The Hall–Kier alpha value is -3.65. The summed E-state index contributed by atoms with van der Waals surface area (Å²) in [7, 11) is -3.33. The third kappa shape index (κ3) is 4.22. The van der Waals surface area contributed by atoms with Gasteiger partial charge in [0.25, 0.3) is 0 Å². The molecule has 0 radical (unpaired) electrons. The number of rotatable bonds is 6. The van der Waals surface area contributed by atoms with Crippen LogP contribution < -0.4 is 4.72 Å². The number of fused-ring (bicyclic) bond motifs is 1. The predicted octanol–water partition coefficient (Wildman–Crippen LogP) is 4.63. The van der Waals surface area contributed by atoms with Crippen molar-refractivity contribution in [3.05, 3.63) is 72.6 Å². The van der Waals surface area contributed by atoms with E-state index < -0.39 is 21.4 Å². The van der Waals surface area contributed by atoms with Gasteiger partial charge in [0.05, 0.1) is 11.7 Å². The number of nitrogens with one attached hydrogen (secondary N) is 2. The molecule has 0 spiro atoms. The number of carboxylic acids is 1. The first-order valence-electron chi connectivity index (χ1n) is 9.94. The quantitative estimate of drug-likeness (QED) is 0.397. The van der Waals surface area contributed by atoms with Crippen LogP contribution in [0.1, 0.15) is 19.4 Å². The summed E-state index contributed by atoms with van der Waals surface area (Å²) in [6.45, 7) is 3.37. The molecule has 2 aromatic heterocycles. The van der Waals surface area contributed by atoms with Crippen LogP contribution >= 0.6 is 0 Å². The van der Waals surface area contributed by atoms with Crippen LogP contribution in [0.4, 0.5) is 5.69 Å². The van der Waals surface area contributed by atoms with Gasteiger partial charge in [-0.15, -0.1) is 0 Å². The van der Waals surface area contributed by atoms with E-state index in [0.29, 0.717) is 5.69 Å². The van der Waals surface area contributed by atoms with Gasteiger partial charge in [-0.05, 0) is 48.7 Å². The van der Waals surface area contributed by atoms with Crippen molar-refractivity contribution in [1.29, 1.82) is 0 Å². The summed E-state index contributed by atoms with van der Waals surface area (Å²) in [5, 5.41) is 10.4.